The van der Waals surface area contributed by atoms with Crippen LogP contribution >= 0.6 is 11.8 Å². The average Bonchev–Trinajstić information content (AvgIpc) is 2.44. The Morgan fingerprint density at radius 3 is 2.63 bits per heavy atom. The van der Waals surface area contributed by atoms with Crippen molar-refractivity contribution >= 4 is 17.7 Å². The predicted octanol–water partition coefficient (Wildman–Crippen LogP) is 2.93. The van der Waals surface area contributed by atoms with Crippen molar-refractivity contribution in [1.82, 2.24) is 5.32 Å². The number of nitrogens with two attached hydrogens (primary N) is 1. The van der Waals surface area contributed by atoms with Crippen LogP contribution in [0.15, 0.2) is 29.2 Å². The van der Waals surface area contributed by atoms with E-state index in [9.17, 15) is 4.79 Å². The molecule has 1 unspecified atom stereocenters. The summed E-state index contributed by atoms with van der Waals surface area (Å²) in [6, 6.07) is 8.33. The van der Waals surface area contributed by atoms with Crippen LogP contribution in [0.25, 0.3) is 0 Å². The van der Waals surface area contributed by atoms with Gasteiger partial charge in [-0.05, 0) is 37.5 Å². The van der Waals surface area contributed by atoms with Crippen molar-refractivity contribution in [1.29, 1.82) is 0 Å². The fourth-order valence-electron chi connectivity index (χ4n) is 1.81. The van der Waals surface area contributed by atoms with E-state index >= 15 is 0 Å². The van der Waals surface area contributed by atoms with Gasteiger partial charge < -0.3 is 11.1 Å². The average molecular weight is 280 g/mol. The zero-order chi connectivity index (χ0) is 14.3. The molecule has 1 aromatic carbocycles. The maximum atomic E-state index is 12.1. The lowest BCUT2D eigenvalue weighted by atomic mass is 10.2. The van der Waals surface area contributed by atoms with Crippen LogP contribution in [0, 0.1) is 0 Å². The van der Waals surface area contributed by atoms with E-state index in [2.05, 4.69) is 19.2 Å². The Balaban J connectivity index is 2.57. The maximum absolute atomic E-state index is 12.1. The molecule has 0 saturated heterocycles. The van der Waals surface area contributed by atoms with Crippen molar-refractivity contribution < 1.29 is 4.79 Å². The van der Waals surface area contributed by atoms with Crippen molar-refractivity contribution in [3.8, 4) is 0 Å². The SMILES string of the molecule is CCC(CC)NC(=O)C(C)Sc1cccc(CN)c1. The third-order valence-electron chi connectivity index (χ3n) is 3.15. The summed E-state index contributed by atoms with van der Waals surface area (Å²) in [7, 11) is 0. The summed E-state index contributed by atoms with van der Waals surface area (Å²) in [6.07, 6.45) is 1.95. The van der Waals surface area contributed by atoms with E-state index in [0.29, 0.717) is 6.54 Å². The van der Waals surface area contributed by atoms with Crippen molar-refractivity contribution in [2.24, 2.45) is 5.73 Å². The minimum absolute atomic E-state index is 0.0892. The van der Waals surface area contributed by atoms with Crippen LogP contribution in [-0.4, -0.2) is 17.2 Å². The Hall–Kier alpha value is -1.00. The van der Waals surface area contributed by atoms with E-state index in [1.165, 1.54) is 0 Å². The van der Waals surface area contributed by atoms with Gasteiger partial charge in [0.25, 0.3) is 0 Å². The smallest absolute Gasteiger partial charge is 0.233 e. The third-order valence-corrected chi connectivity index (χ3v) is 4.24. The molecule has 4 heteroatoms. The van der Waals surface area contributed by atoms with Crippen molar-refractivity contribution in [3.63, 3.8) is 0 Å². The van der Waals surface area contributed by atoms with Crippen LogP contribution in [0.3, 0.4) is 0 Å². The van der Waals surface area contributed by atoms with Gasteiger partial charge in [0.2, 0.25) is 5.91 Å². The molecule has 0 heterocycles. The van der Waals surface area contributed by atoms with Crippen molar-refractivity contribution in [3.05, 3.63) is 29.8 Å². The number of hydrogen-bond donors (Lipinski definition) is 2. The van der Waals surface area contributed by atoms with Gasteiger partial charge in [-0.25, -0.2) is 0 Å². The van der Waals surface area contributed by atoms with Crippen LogP contribution in [0.4, 0.5) is 0 Å². The summed E-state index contributed by atoms with van der Waals surface area (Å²) < 4.78 is 0. The topological polar surface area (TPSA) is 55.1 Å². The second-order valence-corrected chi connectivity index (χ2v) is 6.05. The van der Waals surface area contributed by atoms with Gasteiger partial charge in [-0.1, -0.05) is 26.0 Å². The molecular weight excluding hydrogens is 256 g/mol. The highest BCUT2D eigenvalue weighted by Crippen LogP contribution is 2.24. The summed E-state index contributed by atoms with van der Waals surface area (Å²) in [6.45, 7) is 6.66. The Morgan fingerprint density at radius 2 is 2.05 bits per heavy atom. The molecule has 1 rings (SSSR count). The first-order valence-corrected chi connectivity index (χ1v) is 7.74. The molecule has 0 aliphatic heterocycles. The summed E-state index contributed by atoms with van der Waals surface area (Å²) in [5.74, 6) is 0.108. The number of amides is 1. The fraction of sp³-hybridized carbons (Fsp3) is 0.533. The second-order valence-electron chi connectivity index (χ2n) is 4.63. The first-order chi connectivity index (χ1) is 9.10. The van der Waals surface area contributed by atoms with Gasteiger partial charge in [-0.15, -0.1) is 11.8 Å². The van der Waals surface area contributed by atoms with Gasteiger partial charge in [0.15, 0.2) is 0 Å². The molecule has 0 aliphatic carbocycles. The Labute approximate surface area is 120 Å². The fourth-order valence-corrected chi connectivity index (χ4v) is 2.77. The molecular formula is C15H24N2OS. The molecule has 106 valence electrons. The summed E-state index contributed by atoms with van der Waals surface area (Å²) >= 11 is 1.58. The van der Waals surface area contributed by atoms with Gasteiger partial charge in [-0.2, -0.15) is 0 Å². The standard InChI is InChI=1S/C15H24N2OS/c1-4-13(5-2)17-15(18)11(3)19-14-8-6-7-12(9-14)10-16/h6-9,11,13H,4-5,10,16H2,1-3H3,(H,17,18). The van der Waals surface area contributed by atoms with Crippen molar-refractivity contribution in [2.75, 3.05) is 0 Å². The number of carbonyl (C=O) groups is 1. The molecule has 19 heavy (non-hydrogen) atoms. The van der Waals surface area contributed by atoms with E-state index < -0.39 is 0 Å². The van der Waals surface area contributed by atoms with Gasteiger partial charge in [0.1, 0.15) is 0 Å². The Bertz CT molecular complexity index is 405. The van der Waals surface area contributed by atoms with Crippen LogP contribution < -0.4 is 11.1 Å². The highest BCUT2D eigenvalue weighted by Gasteiger charge is 2.16. The van der Waals surface area contributed by atoms with Crippen LogP contribution in [0.1, 0.15) is 39.2 Å². The second kappa shape index (κ2) is 8.23. The quantitative estimate of drug-likeness (QED) is 0.755. The van der Waals surface area contributed by atoms with Gasteiger partial charge >= 0.3 is 0 Å². The van der Waals surface area contributed by atoms with Crippen LogP contribution in [0.5, 0.6) is 0 Å². The number of nitrogens with one attached hydrogen (secondary N) is 1. The van der Waals surface area contributed by atoms with Crippen molar-refractivity contribution in [2.45, 2.75) is 56.3 Å². The molecule has 0 fully saturated rings. The molecule has 0 bridgehead atoms. The molecule has 1 aromatic rings. The summed E-state index contributed by atoms with van der Waals surface area (Å²) in [5, 5.41) is 2.99. The highest BCUT2D eigenvalue weighted by molar-refractivity contribution is 8.00. The third kappa shape index (κ3) is 5.25. The van der Waals surface area contributed by atoms with Crippen LogP contribution in [-0.2, 0) is 11.3 Å². The molecule has 0 saturated carbocycles. The van der Waals surface area contributed by atoms with E-state index in [1.54, 1.807) is 11.8 Å². The van der Waals surface area contributed by atoms with E-state index in [0.717, 1.165) is 23.3 Å². The first-order valence-electron chi connectivity index (χ1n) is 6.86. The number of hydrogen-bond acceptors (Lipinski definition) is 3. The summed E-state index contributed by atoms with van der Waals surface area (Å²) in [4.78, 5) is 13.2. The minimum Gasteiger partial charge on any atom is -0.352 e. The molecule has 0 aromatic heterocycles. The number of rotatable bonds is 7. The van der Waals surface area contributed by atoms with Gasteiger partial charge in [-0.3, -0.25) is 4.79 Å². The maximum Gasteiger partial charge on any atom is 0.233 e. The normalized spacial score (nSPS) is 12.5. The lowest BCUT2D eigenvalue weighted by Crippen LogP contribution is -2.38. The molecule has 3 N–H and O–H groups in total. The Kier molecular flexibility index (Phi) is 6.95. The predicted molar refractivity (Wildman–Crippen MR) is 82.2 cm³/mol. The van der Waals surface area contributed by atoms with E-state index in [4.69, 9.17) is 5.73 Å². The number of benzene rings is 1. The highest BCUT2D eigenvalue weighted by atomic mass is 32.2. The molecule has 0 spiro atoms. The van der Waals surface area contributed by atoms with Crippen LogP contribution in [0.2, 0.25) is 0 Å². The van der Waals surface area contributed by atoms with Gasteiger partial charge in [0.05, 0.1) is 5.25 Å². The molecule has 1 amide bonds. The number of thioether (sulfide) groups is 1. The minimum atomic E-state index is -0.0892. The molecule has 0 radical (unpaired) electrons. The van der Waals surface area contributed by atoms with E-state index in [-0.39, 0.29) is 17.2 Å². The van der Waals surface area contributed by atoms with E-state index in [1.807, 2.05) is 31.2 Å². The monoisotopic (exact) mass is 280 g/mol. The Morgan fingerprint density at radius 1 is 1.37 bits per heavy atom. The lowest BCUT2D eigenvalue weighted by molar-refractivity contribution is -0.121. The summed E-state index contributed by atoms with van der Waals surface area (Å²) in [5.41, 5.74) is 6.72. The molecule has 1 atom stereocenters. The zero-order valence-electron chi connectivity index (χ0n) is 12.0. The zero-order valence-corrected chi connectivity index (χ0v) is 12.8. The largest absolute Gasteiger partial charge is 0.352 e. The lowest BCUT2D eigenvalue weighted by Gasteiger charge is -2.18. The van der Waals surface area contributed by atoms with Gasteiger partial charge in [0, 0.05) is 17.5 Å². The number of carbonyl (C=O) groups excluding carboxylic acids is 1. The first kappa shape index (κ1) is 16.1. The molecule has 3 nitrogen and oxygen atoms in total. The molecule has 0 aliphatic rings.